The highest BCUT2D eigenvalue weighted by Crippen LogP contribution is 2.30. The normalized spacial score (nSPS) is 21.4. The van der Waals surface area contributed by atoms with E-state index in [1.165, 1.54) is 23.3 Å². The van der Waals surface area contributed by atoms with E-state index < -0.39 is 0 Å². The molecule has 3 heterocycles. The van der Waals surface area contributed by atoms with Gasteiger partial charge in [0.05, 0.1) is 23.6 Å². The Labute approximate surface area is 153 Å². The molecule has 25 heavy (non-hydrogen) atoms. The number of hydrogen-bond donors (Lipinski definition) is 1. The highest BCUT2D eigenvalue weighted by molar-refractivity contribution is 7.10. The first-order valence-electron chi connectivity index (χ1n) is 9.17. The van der Waals surface area contributed by atoms with Crippen molar-refractivity contribution in [2.24, 2.45) is 7.05 Å². The van der Waals surface area contributed by atoms with Crippen LogP contribution in [-0.2, 0) is 24.9 Å². The molecule has 0 spiro atoms. The van der Waals surface area contributed by atoms with Gasteiger partial charge in [-0.1, -0.05) is 12.8 Å². The molecular weight excluding hydrogens is 332 g/mol. The molecule has 0 radical (unpaired) electrons. The monoisotopic (exact) mass is 358 g/mol. The van der Waals surface area contributed by atoms with Gasteiger partial charge in [-0.2, -0.15) is 0 Å². The lowest BCUT2D eigenvalue weighted by Crippen LogP contribution is -2.44. The fourth-order valence-electron chi connectivity index (χ4n) is 4.15. The minimum Gasteiger partial charge on any atom is -0.353 e. The van der Waals surface area contributed by atoms with E-state index in [1.54, 1.807) is 11.3 Å². The molecule has 2 aromatic heterocycles. The summed E-state index contributed by atoms with van der Waals surface area (Å²) in [6, 6.07) is 2.53. The number of rotatable bonds is 4. The third-order valence-corrected chi connectivity index (χ3v) is 6.57. The molecule has 6 heteroatoms. The average molecular weight is 359 g/mol. The molecule has 1 N–H and O–H groups in total. The zero-order valence-corrected chi connectivity index (χ0v) is 15.8. The lowest BCUT2D eigenvalue weighted by molar-refractivity contribution is -0.124. The molecule has 0 aromatic carbocycles. The second-order valence-electron chi connectivity index (χ2n) is 7.43. The molecule has 2 aliphatic rings. The summed E-state index contributed by atoms with van der Waals surface area (Å²) in [7, 11) is 2.00. The zero-order valence-electron chi connectivity index (χ0n) is 15.0. The summed E-state index contributed by atoms with van der Waals surface area (Å²) < 4.78 is 2.03. The number of carbonyl (C=O) groups excluding carboxylic acids is 1. The van der Waals surface area contributed by atoms with E-state index >= 15 is 0 Å². The summed E-state index contributed by atoms with van der Waals surface area (Å²) in [6.07, 6.45) is 6.55. The van der Waals surface area contributed by atoms with Crippen LogP contribution in [0.3, 0.4) is 0 Å². The van der Waals surface area contributed by atoms with E-state index in [-0.39, 0.29) is 11.8 Å². The highest BCUT2D eigenvalue weighted by Gasteiger charge is 2.35. The van der Waals surface area contributed by atoms with Crippen molar-refractivity contribution >= 4 is 17.2 Å². The van der Waals surface area contributed by atoms with Gasteiger partial charge in [0.1, 0.15) is 0 Å². The molecule has 0 unspecified atom stereocenters. The molecule has 1 aliphatic heterocycles. The molecule has 0 saturated heterocycles. The zero-order chi connectivity index (χ0) is 17.4. The molecule has 4 rings (SSSR count). The predicted molar refractivity (Wildman–Crippen MR) is 99.5 cm³/mol. The number of nitrogens with one attached hydrogen (secondary N) is 1. The van der Waals surface area contributed by atoms with Crippen molar-refractivity contribution in [3.63, 3.8) is 0 Å². The number of carbonyl (C=O) groups is 1. The standard InChI is InChI=1S/C19H26N4OS/c1-13-7-8-25-17(13)11-23-9-15(18-16(10-23)20-12-22(18)2)19(24)21-14-5-3-4-6-14/h7-8,12,14-15H,3-6,9-11H2,1-2H3,(H,21,24)/t15-/m0/s1. The molecule has 0 bridgehead atoms. The van der Waals surface area contributed by atoms with Crippen molar-refractivity contribution in [2.45, 2.75) is 57.7 Å². The van der Waals surface area contributed by atoms with E-state index in [1.807, 2.05) is 17.9 Å². The number of aryl methyl sites for hydroxylation is 2. The fraction of sp³-hybridized carbons (Fsp3) is 0.579. The summed E-state index contributed by atoms with van der Waals surface area (Å²) in [5.41, 5.74) is 3.48. The van der Waals surface area contributed by atoms with Gasteiger partial charge in [-0.05, 0) is 36.8 Å². The SMILES string of the molecule is Cc1ccsc1CN1Cc2ncn(C)c2[C@@H](C(=O)NC2CCCC2)C1. The number of amides is 1. The molecule has 1 atom stereocenters. The number of fused-ring (bicyclic) bond motifs is 1. The smallest absolute Gasteiger partial charge is 0.230 e. The van der Waals surface area contributed by atoms with E-state index in [0.29, 0.717) is 6.04 Å². The van der Waals surface area contributed by atoms with Crippen molar-refractivity contribution in [1.82, 2.24) is 19.8 Å². The Morgan fingerprint density at radius 3 is 2.92 bits per heavy atom. The van der Waals surface area contributed by atoms with Crippen molar-refractivity contribution < 1.29 is 4.79 Å². The Hall–Kier alpha value is -1.66. The van der Waals surface area contributed by atoms with Gasteiger partial charge in [0, 0.05) is 37.6 Å². The summed E-state index contributed by atoms with van der Waals surface area (Å²) in [4.78, 5) is 21.3. The van der Waals surface area contributed by atoms with Crippen LogP contribution in [0.1, 0.15) is 53.4 Å². The Morgan fingerprint density at radius 2 is 2.20 bits per heavy atom. The number of hydrogen-bond acceptors (Lipinski definition) is 4. The van der Waals surface area contributed by atoms with Gasteiger partial charge in [-0.3, -0.25) is 9.69 Å². The Morgan fingerprint density at radius 1 is 1.40 bits per heavy atom. The minimum absolute atomic E-state index is 0.128. The average Bonchev–Trinajstić information content (AvgIpc) is 3.31. The van der Waals surface area contributed by atoms with Gasteiger partial charge >= 0.3 is 0 Å². The van der Waals surface area contributed by atoms with Crippen molar-refractivity contribution in [3.05, 3.63) is 39.6 Å². The Kier molecular flexibility index (Phi) is 4.65. The topological polar surface area (TPSA) is 50.2 Å². The van der Waals surface area contributed by atoms with Crippen LogP contribution in [0.2, 0.25) is 0 Å². The van der Waals surface area contributed by atoms with Crippen LogP contribution in [0, 0.1) is 6.92 Å². The second kappa shape index (κ2) is 6.92. The van der Waals surface area contributed by atoms with Crippen LogP contribution in [0.5, 0.6) is 0 Å². The Balaban J connectivity index is 1.54. The predicted octanol–water partition coefficient (Wildman–Crippen LogP) is 2.95. The van der Waals surface area contributed by atoms with Crippen molar-refractivity contribution in [2.75, 3.05) is 6.54 Å². The summed E-state index contributed by atoms with van der Waals surface area (Å²) in [6.45, 7) is 4.64. The number of nitrogens with zero attached hydrogens (tertiary/aromatic N) is 3. The first-order chi connectivity index (χ1) is 12.1. The first kappa shape index (κ1) is 16.8. The Bertz CT molecular complexity index is 759. The summed E-state index contributed by atoms with van der Waals surface area (Å²) in [5.74, 6) is 0.0430. The van der Waals surface area contributed by atoms with Crippen molar-refractivity contribution in [1.29, 1.82) is 0 Å². The quantitative estimate of drug-likeness (QED) is 0.914. The number of aromatic nitrogens is 2. The molecular formula is C19H26N4OS. The van der Waals surface area contributed by atoms with Gasteiger partial charge in [-0.25, -0.2) is 4.98 Å². The molecule has 5 nitrogen and oxygen atoms in total. The van der Waals surface area contributed by atoms with E-state index in [2.05, 4.69) is 33.6 Å². The van der Waals surface area contributed by atoms with Crippen LogP contribution >= 0.6 is 11.3 Å². The van der Waals surface area contributed by atoms with Gasteiger partial charge in [0.15, 0.2) is 0 Å². The van der Waals surface area contributed by atoms with Crippen LogP contribution in [0.15, 0.2) is 17.8 Å². The highest BCUT2D eigenvalue weighted by atomic mass is 32.1. The van der Waals surface area contributed by atoms with E-state index in [4.69, 9.17) is 0 Å². The van der Waals surface area contributed by atoms with Crippen molar-refractivity contribution in [3.8, 4) is 0 Å². The van der Waals surface area contributed by atoms with Crippen LogP contribution in [-0.4, -0.2) is 32.9 Å². The minimum atomic E-state index is -0.128. The van der Waals surface area contributed by atoms with E-state index in [0.717, 1.165) is 43.9 Å². The van der Waals surface area contributed by atoms with E-state index in [9.17, 15) is 4.79 Å². The maximum absolute atomic E-state index is 13.0. The maximum Gasteiger partial charge on any atom is 0.230 e. The lowest BCUT2D eigenvalue weighted by atomic mass is 9.96. The van der Waals surface area contributed by atoms with Gasteiger partial charge in [0.2, 0.25) is 5.91 Å². The van der Waals surface area contributed by atoms with Gasteiger partial charge in [0.25, 0.3) is 0 Å². The molecule has 2 aromatic rings. The summed E-state index contributed by atoms with van der Waals surface area (Å²) >= 11 is 1.80. The molecule has 134 valence electrons. The van der Waals surface area contributed by atoms with Gasteiger partial charge in [-0.15, -0.1) is 11.3 Å². The molecule has 1 aliphatic carbocycles. The molecule has 1 fully saturated rings. The number of thiophene rings is 1. The number of imidazole rings is 1. The maximum atomic E-state index is 13.0. The largest absolute Gasteiger partial charge is 0.353 e. The van der Waals surface area contributed by atoms with Crippen LogP contribution in [0.25, 0.3) is 0 Å². The first-order valence-corrected chi connectivity index (χ1v) is 10.1. The van der Waals surface area contributed by atoms with Gasteiger partial charge < -0.3 is 9.88 Å². The fourth-order valence-corrected chi connectivity index (χ4v) is 5.09. The van der Waals surface area contributed by atoms with Crippen LogP contribution in [0.4, 0.5) is 0 Å². The third-order valence-electron chi connectivity index (χ3n) is 5.56. The molecule has 1 saturated carbocycles. The second-order valence-corrected chi connectivity index (χ2v) is 8.43. The summed E-state index contributed by atoms with van der Waals surface area (Å²) in [5, 5.41) is 5.44. The lowest BCUT2D eigenvalue weighted by Gasteiger charge is -2.32. The van der Waals surface area contributed by atoms with Crippen LogP contribution < -0.4 is 5.32 Å². The molecule has 1 amide bonds. The third kappa shape index (κ3) is 3.37.